The molecule has 6 heteroatoms. The van der Waals surface area contributed by atoms with E-state index in [9.17, 15) is 9.59 Å². The maximum absolute atomic E-state index is 13.0. The first-order chi connectivity index (χ1) is 15.0. The predicted molar refractivity (Wildman–Crippen MR) is 121 cm³/mol. The Morgan fingerprint density at radius 2 is 1.52 bits per heavy atom. The van der Waals surface area contributed by atoms with Crippen LogP contribution in [0.5, 0.6) is 5.75 Å². The minimum atomic E-state index is -0.447. The molecule has 31 heavy (non-hydrogen) atoms. The van der Waals surface area contributed by atoms with Crippen LogP contribution >= 0.6 is 0 Å². The van der Waals surface area contributed by atoms with E-state index >= 15 is 0 Å². The van der Waals surface area contributed by atoms with Crippen molar-refractivity contribution in [3.63, 3.8) is 0 Å². The van der Waals surface area contributed by atoms with Crippen molar-refractivity contribution in [2.24, 2.45) is 0 Å². The third kappa shape index (κ3) is 6.60. The number of anilines is 1. The van der Waals surface area contributed by atoms with Crippen LogP contribution in [0, 0.1) is 0 Å². The van der Waals surface area contributed by atoms with E-state index in [4.69, 9.17) is 4.74 Å². The number of amides is 2. The van der Waals surface area contributed by atoms with Gasteiger partial charge in [-0.3, -0.25) is 20.0 Å². The van der Waals surface area contributed by atoms with Crippen molar-refractivity contribution in [1.29, 1.82) is 0 Å². The average Bonchev–Trinajstić information content (AvgIpc) is 2.79. The quantitative estimate of drug-likeness (QED) is 0.516. The minimum Gasteiger partial charge on any atom is -0.497 e. The van der Waals surface area contributed by atoms with Gasteiger partial charge in [-0.05, 0) is 35.4 Å². The number of rotatable bonds is 9. The smallest absolute Gasteiger partial charge is 0.240 e. The minimum absolute atomic E-state index is 0.101. The summed E-state index contributed by atoms with van der Waals surface area (Å²) in [5.74, 6) is 0.320. The molecule has 3 aromatic carbocycles. The lowest BCUT2D eigenvalue weighted by Crippen LogP contribution is -2.43. The van der Waals surface area contributed by atoms with Crippen LogP contribution in [0.15, 0.2) is 84.9 Å². The molecule has 0 aliphatic rings. The molecular weight excluding hydrogens is 390 g/mol. The number of nitrogens with zero attached hydrogens (tertiary/aromatic N) is 1. The number of hydrogen-bond donors (Lipinski definition) is 2. The normalized spacial score (nSPS) is 11.3. The molecule has 2 N–H and O–H groups in total. The molecule has 0 saturated carbocycles. The molecule has 160 valence electrons. The van der Waals surface area contributed by atoms with Gasteiger partial charge in [0.15, 0.2) is 0 Å². The van der Waals surface area contributed by atoms with Crippen LogP contribution in [0.3, 0.4) is 0 Å². The average molecular weight is 418 g/mol. The summed E-state index contributed by atoms with van der Waals surface area (Å²) in [6.07, 6.45) is 0.101. The molecule has 3 rings (SSSR count). The number of ether oxygens (including phenoxy) is 1. The lowest BCUT2D eigenvalue weighted by Gasteiger charge is -2.27. The summed E-state index contributed by atoms with van der Waals surface area (Å²) in [5.41, 5.74) is 5.77. The maximum Gasteiger partial charge on any atom is 0.240 e. The van der Waals surface area contributed by atoms with Crippen LogP contribution in [0.2, 0.25) is 0 Å². The van der Waals surface area contributed by atoms with Crippen molar-refractivity contribution >= 4 is 17.5 Å². The Bertz CT molecular complexity index is 976. The Hall–Kier alpha value is -3.80. The zero-order valence-electron chi connectivity index (χ0n) is 17.7. The van der Waals surface area contributed by atoms with Crippen molar-refractivity contribution in [2.75, 3.05) is 12.1 Å². The van der Waals surface area contributed by atoms with E-state index in [0.717, 1.165) is 16.8 Å². The summed E-state index contributed by atoms with van der Waals surface area (Å²) in [6.45, 7) is 1.96. The third-order valence-corrected chi connectivity index (χ3v) is 4.80. The SMILES string of the molecule is COc1ccc(C(CC(=O)NN(Cc2ccccc2)c2ccccc2)NC(C)=O)cc1. The van der Waals surface area contributed by atoms with Gasteiger partial charge < -0.3 is 10.1 Å². The highest BCUT2D eigenvalue weighted by molar-refractivity contribution is 5.80. The van der Waals surface area contributed by atoms with Crippen LogP contribution in [0.4, 0.5) is 5.69 Å². The summed E-state index contributed by atoms with van der Waals surface area (Å²) in [5, 5.41) is 4.68. The topological polar surface area (TPSA) is 70.7 Å². The fraction of sp³-hybridized carbons (Fsp3) is 0.200. The Kier molecular flexibility index (Phi) is 7.65. The standard InChI is InChI=1S/C25H27N3O3/c1-19(29)26-24(21-13-15-23(31-2)16-14-21)17-25(30)27-28(22-11-7-4-8-12-22)18-20-9-5-3-6-10-20/h3-16,24H,17-18H2,1-2H3,(H,26,29)(H,27,30). The molecule has 0 radical (unpaired) electrons. The Balaban J connectivity index is 1.76. The molecular formula is C25H27N3O3. The fourth-order valence-electron chi connectivity index (χ4n) is 3.28. The highest BCUT2D eigenvalue weighted by Gasteiger charge is 2.19. The van der Waals surface area contributed by atoms with Crippen LogP contribution in [0.1, 0.15) is 30.5 Å². The number of benzene rings is 3. The van der Waals surface area contributed by atoms with Crippen molar-refractivity contribution in [2.45, 2.75) is 25.9 Å². The molecule has 0 heterocycles. The van der Waals surface area contributed by atoms with Gasteiger partial charge in [0.2, 0.25) is 11.8 Å². The first kappa shape index (κ1) is 21.9. The molecule has 0 fully saturated rings. The van der Waals surface area contributed by atoms with Gasteiger partial charge in [-0.15, -0.1) is 0 Å². The van der Waals surface area contributed by atoms with E-state index in [1.807, 2.05) is 89.9 Å². The molecule has 0 aromatic heterocycles. The molecule has 0 bridgehead atoms. The van der Waals surface area contributed by atoms with Gasteiger partial charge in [-0.1, -0.05) is 60.7 Å². The van der Waals surface area contributed by atoms with Crippen LogP contribution in [0.25, 0.3) is 0 Å². The van der Waals surface area contributed by atoms with Gasteiger partial charge >= 0.3 is 0 Å². The lowest BCUT2D eigenvalue weighted by molar-refractivity contribution is -0.123. The second-order valence-electron chi connectivity index (χ2n) is 7.17. The lowest BCUT2D eigenvalue weighted by atomic mass is 10.0. The predicted octanol–water partition coefficient (Wildman–Crippen LogP) is 4.00. The Morgan fingerprint density at radius 3 is 2.10 bits per heavy atom. The van der Waals surface area contributed by atoms with Gasteiger partial charge in [0.1, 0.15) is 5.75 Å². The van der Waals surface area contributed by atoms with Crippen molar-refractivity contribution in [1.82, 2.24) is 10.7 Å². The van der Waals surface area contributed by atoms with E-state index in [2.05, 4.69) is 10.7 Å². The Morgan fingerprint density at radius 1 is 0.903 bits per heavy atom. The summed E-state index contributed by atoms with van der Waals surface area (Å²) in [4.78, 5) is 24.7. The molecule has 0 spiro atoms. The first-order valence-corrected chi connectivity index (χ1v) is 10.1. The van der Waals surface area contributed by atoms with E-state index in [-0.39, 0.29) is 18.2 Å². The zero-order chi connectivity index (χ0) is 22.1. The summed E-state index contributed by atoms with van der Waals surface area (Å²) in [7, 11) is 1.60. The highest BCUT2D eigenvalue weighted by atomic mass is 16.5. The van der Waals surface area contributed by atoms with Crippen LogP contribution in [-0.2, 0) is 16.1 Å². The highest BCUT2D eigenvalue weighted by Crippen LogP contribution is 2.21. The number of hydrazine groups is 1. The van der Waals surface area contributed by atoms with Crippen molar-refractivity contribution in [3.05, 3.63) is 96.1 Å². The number of carbonyl (C=O) groups is 2. The van der Waals surface area contributed by atoms with E-state index in [1.165, 1.54) is 6.92 Å². The molecule has 2 amide bonds. The van der Waals surface area contributed by atoms with Crippen LogP contribution < -0.4 is 20.5 Å². The number of carbonyl (C=O) groups excluding carboxylic acids is 2. The first-order valence-electron chi connectivity index (χ1n) is 10.1. The van der Waals surface area contributed by atoms with Crippen molar-refractivity contribution in [3.8, 4) is 5.75 Å². The number of hydrogen-bond acceptors (Lipinski definition) is 4. The van der Waals surface area contributed by atoms with E-state index in [1.54, 1.807) is 7.11 Å². The molecule has 0 aliphatic heterocycles. The van der Waals surface area contributed by atoms with Gasteiger partial charge in [-0.2, -0.15) is 0 Å². The number of para-hydroxylation sites is 1. The molecule has 3 aromatic rings. The molecule has 1 atom stereocenters. The van der Waals surface area contributed by atoms with Gasteiger partial charge in [0.25, 0.3) is 0 Å². The zero-order valence-corrected chi connectivity index (χ0v) is 17.7. The monoisotopic (exact) mass is 417 g/mol. The second-order valence-corrected chi connectivity index (χ2v) is 7.17. The van der Waals surface area contributed by atoms with Crippen LogP contribution in [-0.4, -0.2) is 18.9 Å². The molecule has 6 nitrogen and oxygen atoms in total. The van der Waals surface area contributed by atoms with Gasteiger partial charge in [-0.25, -0.2) is 0 Å². The maximum atomic E-state index is 13.0. The summed E-state index contributed by atoms with van der Waals surface area (Å²) < 4.78 is 5.20. The largest absolute Gasteiger partial charge is 0.497 e. The molecule has 1 unspecified atom stereocenters. The van der Waals surface area contributed by atoms with Gasteiger partial charge in [0, 0.05) is 6.92 Å². The number of methoxy groups -OCH3 is 1. The fourth-order valence-corrected chi connectivity index (χ4v) is 3.28. The second kappa shape index (κ2) is 10.8. The summed E-state index contributed by atoms with van der Waals surface area (Å²) >= 11 is 0. The van der Waals surface area contributed by atoms with Gasteiger partial charge in [0.05, 0.1) is 31.8 Å². The van der Waals surface area contributed by atoms with E-state index < -0.39 is 6.04 Å². The van der Waals surface area contributed by atoms with Crippen molar-refractivity contribution < 1.29 is 14.3 Å². The molecule has 0 saturated heterocycles. The number of nitrogens with one attached hydrogen (secondary N) is 2. The van der Waals surface area contributed by atoms with E-state index in [0.29, 0.717) is 12.3 Å². The summed E-state index contributed by atoms with van der Waals surface area (Å²) in [6, 6.07) is 26.5. The Labute approximate surface area is 182 Å². The molecule has 0 aliphatic carbocycles. The third-order valence-electron chi connectivity index (χ3n) is 4.80.